The molecule has 132 valence electrons. The molecule has 0 saturated carbocycles. The Labute approximate surface area is 158 Å². The second kappa shape index (κ2) is 7.13. The zero-order valence-electron chi connectivity index (χ0n) is 13.5. The van der Waals surface area contributed by atoms with Gasteiger partial charge < -0.3 is 5.32 Å². The molecule has 1 aromatic carbocycles. The van der Waals surface area contributed by atoms with E-state index in [4.69, 9.17) is 11.6 Å². The molecule has 4 rings (SSSR count). The molecule has 5 nitrogen and oxygen atoms in total. The molecular weight excluding hydrogens is 378 g/mol. The topological polar surface area (TPSA) is 66.9 Å². The number of aromatic nitrogens is 2. The van der Waals surface area contributed by atoms with Crippen molar-refractivity contribution in [1.82, 2.24) is 9.78 Å². The number of nitrogens with zero attached hydrogens (tertiary/aromatic N) is 1. The second-order valence-electron chi connectivity index (χ2n) is 6.21. The van der Waals surface area contributed by atoms with Crippen molar-refractivity contribution in [3.8, 4) is 0 Å². The van der Waals surface area contributed by atoms with E-state index in [0.29, 0.717) is 22.2 Å². The summed E-state index contributed by atoms with van der Waals surface area (Å²) in [6.45, 7) is 0. The third-order valence-corrected chi connectivity index (χ3v) is 7.13. The number of halogens is 1. The maximum absolute atomic E-state index is 12.8. The molecule has 0 bridgehead atoms. The van der Waals surface area contributed by atoms with Gasteiger partial charge in [0.05, 0.1) is 22.6 Å². The molecule has 0 unspecified atom stereocenters. The van der Waals surface area contributed by atoms with E-state index in [9.17, 15) is 9.59 Å². The van der Waals surface area contributed by atoms with Gasteiger partial charge in [-0.3, -0.25) is 19.4 Å². The molecule has 2 aromatic rings. The molecule has 2 aliphatic heterocycles. The number of hydrogen-bond donors (Lipinski definition) is 2. The summed E-state index contributed by atoms with van der Waals surface area (Å²) in [5.74, 6) is 3.00. The summed E-state index contributed by atoms with van der Waals surface area (Å²) in [4.78, 5) is 25.0. The summed E-state index contributed by atoms with van der Waals surface area (Å²) < 4.78 is 1.89. The van der Waals surface area contributed by atoms with Crippen molar-refractivity contribution in [2.45, 2.75) is 24.1 Å². The number of carbonyl (C=O) groups excluding carboxylic acids is 1. The second-order valence-corrected chi connectivity index (χ2v) is 8.97. The van der Waals surface area contributed by atoms with Crippen molar-refractivity contribution in [3.05, 3.63) is 50.8 Å². The van der Waals surface area contributed by atoms with E-state index in [0.717, 1.165) is 29.9 Å². The predicted molar refractivity (Wildman–Crippen MR) is 105 cm³/mol. The van der Waals surface area contributed by atoms with Crippen molar-refractivity contribution >= 4 is 46.8 Å². The zero-order chi connectivity index (χ0) is 17.4. The highest BCUT2D eigenvalue weighted by molar-refractivity contribution is 8.00. The van der Waals surface area contributed by atoms with Crippen LogP contribution in [0.2, 0.25) is 5.02 Å². The lowest BCUT2D eigenvalue weighted by molar-refractivity contribution is -0.113. The first-order valence-electron chi connectivity index (χ1n) is 8.22. The van der Waals surface area contributed by atoms with Crippen molar-refractivity contribution < 1.29 is 4.79 Å². The van der Waals surface area contributed by atoms with Gasteiger partial charge in [0.15, 0.2) is 0 Å². The number of hydrogen-bond acceptors (Lipinski definition) is 4. The molecule has 3 heterocycles. The van der Waals surface area contributed by atoms with Crippen LogP contribution < -0.4 is 10.9 Å². The molecule has 1 atom stereocenters. The van der Waals surface area contributed by atoms with Crippen molar-refractivity contribution in [3.63, 3.8) is 0 Å². The lowest BCUT2D eigenvalue weighted by atomic mass is 10.1. The molecule has 0 spiro atoms. The smallest absolute Gasteiger partial charge is 0.270 e. The van der Waals surface area contributed by atoms with Crippen LogP contribution in [0, 0.1) is 0 Å². The molecular formula is C17H18ClN3O2S2. The summed E-state index contributed by atoms with van der Waals surface area (Å²) in [5.41, 5.74) is 1.43. The molecule has 1 saturated heterocycles. The number of carbonyl (C=O) groups is 1. The van der Waals surface area contributed by atoms with Gasteiger partial charge in [-0.15, -0.1) is 11.8 Å². The fraction of sp³-hybridized carbons (Fsp3) is 0.412. The number of thioether (sulfide) groups is 2. The molecule has 2 N–H and O–H groups in total. The monoisotopic (exact) mass is 395 g/mol. The molecule has 1 aromatic heterocycles. The van der Waals surface area contributed by atoms with Crippen LogP contribution in [0.3, 0.4) is 0 Å². The van der Waals surface area contributed by atoms with Crippen LogP contribution >= 0.6 is 35.1 Å². The van der Waals surface area contributed by atoms with E-state index in [1.807, 2.05) is 40.7 Å². The van der Waals surface area contributed by atoms with Crippen molar-refractivity contribution in [1.29, 1.82) is 0 Å². The van der Waals surface area contributed by atoms with Crippen LogP contribution in [-0.2, 0) is 4.79 Å². The third-order valence-electron chi connectivity index (χ3n) is 4.57. The Balaban J connectivity index is 1.82. The van der Waals surface area contributed by atoms with E-state index in [-0.39, 0.29) is 22.8 Å². The average molecular weight is 396 g/mol. The Bertz CT molecular complexity index is 858. The Hall–Kier alpha value is -1.31. The van der Waals surface area contributed by atoms with Gasteiger partial charge in [0.1, 0.15) is 5.82 Å². The van der Waals surface area contributed by atoms with E-state index in [1.165, 1.54) is 11.8 Å². The van der Waals surface area contributed by atoms with Crippen LogP contribution in [0.15, 0.2) is 29.1 Å². The van der Waals surface area contributed by atoms with Crippen molar-refractivity contribution in [2.75, 3.05) is 22.6 Å². The molecule has 25 heavy (non-hydrogen) atoms. The van der Waals surface area contributed by atoms with Crippen LogP contribution in [0.1, 0.15) is 35.3 Å². The van der Waals surface area contributed by atoms with Gasteiger partial charge in [0.2, 0.25) is 5.91 Å². The van der Waals surface area contributed by atoms with Gasteiger partial charge >= 0.3 is 0 Å². The highest BCUT2D eigenvalue weighted by Gasteiger charge is 2.32. The van der Waals surface area contributed by atoms with Gasteiger partial charge in [-0.1, -0.05) is 23.7 Å². The number of amides is 1. The van der Waals surface area contributed by atoms with E-state index in [2.05, 4.69) is 10.4 Å². The Kier molecular flexibility index (Phi) is 4.88. The number of rotatable bonds is 2. The Morgan fingerprint density at radius 2 is 2.00 bits per heavy atom. The fourth-order valence-electron chi connectivity index (χ4n) is 3.39. The standard InChI is InChI=1S/C17H18ClN3O2S2/c18-11-3-1-2-10(8-11)15-14-16(19-13(22)9-25-15)21(20-17(14)23)12-4-6-24-7-5-12/h1-3,8,12,15H,4-7,9H2,(H,19,22)(H,20,23)/t15-/m0/s1. The average Bonchev–Trinajstić information content (AvgIpc) is 2.82. The fourth-order valence-corrected chi connectivity index (χ4v) is 5.79. The summed E-state index contributed by atoms with van der Waals surface area (Å²) in [6.07, 6.45) is 1.99. The third kappa shape index (κ3) is 3.37. The maximum Gasteiger partial charge on any atom is 0.270 e. The molecule has 0 aliphatic carbocycles. The number of benzene rings is 1. The lowest BCUT2D eigenvalue weighted by Gasteiger charge is -2.24. The number of aromatic amines is 1. The molecule has 1 fully saturated rings. The minimum atomic E-state index is -0.212. The van der Waals surface area contributed by atoms with Gasteiger partial charge in [-0.2, -0.15) is 11.8 Å². The quantitative estimate of drug-likeness (QED) is 0.814. The normalized spacial score (nSPS) is 21.5. The first kappa shape index (κ1) is 17.1. The number of fused-ring (bicyclic) bond motifs is 1. The van der Waals surface area contributed by atoms with E-state index in [1.54, 1.807) is 0 Å². The number of H-pyrrole nitrogens is 1. The summed E-state index contributed by atoms with van der Waals surface area (Å²) in [7, 11) is 0. The van der Waals surface area contributed by atoms with Crippen LogP contribution in [0.25, 0.3) is 0 Å². The summed E-state index contributed by atoms with van der Waals surface area (Å²) in [5, 5.41) is 6.35. The van der Waals surface area contributed by atoms with Crippen LogP contribution in [0.4, 0.5) is 5.82 Å². The molecule has 2 aliphatic rings. The molecule has 8 heteroatoms. The Morgan fingerprint density at radius 1 is 1.20 bits per heavy atom. The van der Waals surface area contributed by atoms with Gasteiger partial charge in [-0.05, 0) is 42.0 Å². The summed E-state index contributed by atoms with van der Waals surface area (Å²) in [6, 6.07) is 7.73. The van der Waals surface area contributed by atoms with Crippen LogP contribution in [-0.4, -0.2) is 32.9 Å². The summed E-state index contributed by atoms with van der Waals surface area (Å²) >= 11 is 9.53. The SMILES string of the molecule is O=C1CS[C@@H](c2cccc(Cl)c2)c2c(n(C3CCSCC3)[nH]c2=O)N1. The van der Waals surface area contributed by atoms with E-state index >= 15 is 0 Å². The predicted octanol–water partition coefficient (Wildman–Crippen LogP) is 3.67. The minimum absolute atomic E-state index is 0.0753. The zero-order valence-corrected chi connectivity index (χ0v) is 15.8. The maximum atomic E-state index is 12.8. The minimum Gasteiger partial charge on any atom is -0.310 e. The van der Waals surface area contributed by atoms with Gasteiger partial charge in [0.25, 0.3) is 5.56 Å². The first-order valence-corrected chi connectivity index (χ1v) is 10.8. The lowest BCUT2D eigenvalue weighted by Crippen LogP contribution is -2.22. The molecule has 0 radical (unpaired) electrons. The number of nitrogens with one attached hydrogen (secondary N) is 2. The van der Waals surface area contributed by atoms with Gasteiger partial charge in [0, 0.05) is 5.02 Å². The highest BCUT2D eigenvalue weighted by Crippen LogP contribution is 2.41. The first-order chi connectivity index (χ1) is 12.1. The highest BCUT2D eigenvalue weighted by atomic mass is 35.5. The number of anilines is 1. The Morgan fingerprint density at radius 3 is 2.76 bits per heavy atom. The van der Waals surface area contributed by atoms with Crippen molar-refractivity contribution in [2.24, 2.45) is 0 Å². The molecule has 1 amide bonds. The van der Waals surface area contributed by atoms with Crippen LogP contribution in [0.5, 0.6) is 0 Å². The van der Waals surface area contributed by atoms with E-state index < -0.39 is 0 Å². The largest absolute Gasteiger partial charge is 0.310 e. The van der Waals surface area contributed by atoms with Gasteiger partial charge in [-0.25, -0.2) is 0 Å².